The van der Waals surface area contributed by atoms with Gasteiger partial charge in [0.25, 0.3) is 5.91 Å². The molecule has 0 atom stereocenters. The average Bonchev–Trinajstić information content (AvgIpc) is 2.49. The number of carbonyl (C=O) groups excluding carboxylic acids is 1. The molecule has 1 aromatic carbocycles. The van der Waals surface area contributed by atoms with Gasteiger partial charge in [-0.1, -0.05) is 31.5 Å². The first-order valence-electron chi connectivity index (χ1n) is 7.82. The maximum Gasteiger partial charge on any atom is 0.251 e. The molecule has 3 N–H and O–H groups in total. The first-order chi connectivity index (χ1) is 10.5. The summed E-state index contributed by atoms with van der Waals surface area (Å²) in [6.45, 7) is 8.45. The first-order valence-corrected chi connectivity index (χ1v) is 7.82. The molecule has 122 valence electrons. The minimum Gasteiger partial charge on any atom is -0.356 e. The maximum absolute atomic E-state index is 12.0. The third-order valence-electron chi connectivity index (χ3n) is 3.22. The zero-order valence-electron chi connectivity index (χ0n) is 14.1. The number of nitrogens with zero attached hydrogens (tertiary/aromatic N) is 1. The van der Waals surface area contributed by atoms with E-state index in [4.69, 9.17) is 0 Å². The highest BCUT2D eigenvalue weighted by Crippen LogP contribution is 2.03. The topological polar surface area (TPSA) is 65.5 Å². The predicted octanol–water partition coefficient (Wildman–Crippen LogP) is 1.94. The summed E-state index contributed by atoms with van der Waals surface area (Å²) in [5.74, 6) is 1.39. The Morgan fingerprint density at radius 2 is 1.82 bits per heavy atom. The molecule has 0 fully saturated rings. The van der Waals surface area contributed by atoms with Crippen molar-refractivity contribution in [1.82, 2.24) is 16.0 Å². The fourth-order valence-electron chi connectivity index (χ4n) is 1.95. The molecule has 0 unspecified atom stereocenters. The SMILES string of the molecule is CN=C(NCCNC(=O)c1cccc(C)c1)NCCC(C)C. The zero-order chi connectivity index (χ0) is 16.4. The molecule has 0 saturated heterocycles. The van der Waals surface area contributed by atoms with Crippen molar-refractivity contribution in [2.75, 3.05) is 26.7 Å². The minimum atomic E-state index is -0.0479. The van der Waals surface area contributed by atoms with Crippen LogP contribution in [-0.2, 0) is 0 Å². The minimum absolute atomic E-state index is 0.0479. The van der Waals surface area contributed by atoms with Crippen molar-refractivity contribution in [3.63, 3.8) is 0 Å². The Kier molecular flexibility index (Phi) is 8.04. The third kappa shape index (κ3) is 7.11. The summed E-state index contributed by atoms with van der Waals surface area (Å²) in [5, 5.41) is 9.34. The van der Waals surface area contributed by atoms with E-state index in [0.717, 1.165) is 24.5 Å². The lowest BCUT2D eigenvalue weighted by molar-refractivity contribution is 0.0954. The van der Waals surface area contributed by atoms with Crippen LogP contribution in [0.2, 0.25) is 0 Å². The molecule has 0 heterocycles. The van der Waals surface area contributed by atoms with Crippen LogP contribution in [0.1, 0.15) is 36.2 Å². The van der Waals surface area contributed by atoms with Crippen molar-refractivity contribution in [1.29, 1.82) is 0 Å². The fourth-order valence-corrected chi connectivity index (χ4v) is 1.95. The smallest absolute Gasteiger partial charge is 0.251 e. The largest absolute Gasteiger partial charge is 0.356 e. The molecular formula is C17H28N4O. The lowest BCUT2D eigenvalue weighted by Gasteiger charge is -2.13. The summed E-state index contributed by atoms with van der Waals surface area (Å²) in [5.41, 5.74) is 1.78. The Morgan fingerprint density at radius 1 is 1.14 bits per heavy atom. The second-order valence-corrected chi connectivity index (χ2v) is 5.73. The molecule has 22 heavy (non-hydrogen) atoms. The number of aryl methyl sites for hydroxylation is 1. The molecule has 0 aliphatic rings. The molecule has 0 aromatic heterocycles. The van der Waals surface area contributed by atoms with Gasteiger partial charge in [0.05, 0.1) is 0 Å². The van der Waals surface area contributed by atoms with Crippen LogP contribution >= 0.6 is 0 Å². The number of benzene rings is 1. The molecular weight excluding hydrogens is 276 g/mol. The van der Waals surface area contributed by atoms with E-state index in [2.05, 4.69) is 34.8 Å². The monoisotopic (exact) mass is 304 g/mol. The van der Waals surface area contributed by atoms with Gasteiger partial charge in [0.2, 0.25) is 0 Å². The zero-order valence-corrected chi connectivity index (χ0v) is 14.1. The summed E-state index contributed by atoms with van der Waals surface area (Å²) in [4.78, 5) is 16.1. The highest BCUT2D eigenvalue weighted by atomic mass is 16.1. The number of hydrogen-bond donors (Lipinski definition) is 3. The van der Waals surface area contributed by atoms with Gasteiger partial charge in [0, 0.05) is 32.2 Å². The molecule has 5 heteroatoms. The van der Waals surface area contributed by atoms with Crippen LogP contribution < -0.4 is 16.0 Å². The second kappa shape index (κ2) is 9.82. The van der Waals surface area contributed by atoms with Crippen LogP contribution in [0.5, 0.6) is 0 Å². The van der Waals surface area contributed by atoms with Crippen molar-refractivity contribution < 1.29 is 4.79 Å². The first kappa shape index (κ1) is 18.0. The standard InChI is InChI=1S/C17H28N4O/c1-13(2)8-9-20-17(18-4)21-11-10-19-16(22)15-7-5-6-14(3)12-15/h5-7,12-13H,8-11H2,1-4H3,(H,19,22)(H2,18,20,21). The van der Waals surface area contributed by atoms with Crippen LogP contribution in [0.15, 0.2) is 29.3 Å². The van der Waals surface area contributed by atoms with Gasteiger partial charge < -0.3 is 16.0 Å². The van der Waals surface area contributed by atoms with Crippen LogP contribution in [0.4, 0.5) is 0 Å². The Hall–Kier alpha value is -2.04. The molecule has 0 spiro atoms. The van der Waals surface area contributed by atoms with Gasteiger partial charge in [-0.15, -0.1) is 0 Å². The van der Waals surface area contributed by atoms with Crippen LogP contribution in [0, 0.1) is 12.8 Å². The van der Waals surface area contributed by atoms with Crippen molar-refractivity contribution >= 4 is 11.9 Å². The average molecular weight is 304 g/mol. The van der Waals surface area contributed by atoms with Gasteiger partial charge in [-0.3, -0.25) is 9.79 Å². The van der Waals surface area contributed by atoms with Crippen molar-refractivity contribution in [2.24, 2.45) is 10.9 Å². The molecule has 1 rings (SSSR count). The van der Waals surface area contributed by atoms with E-state index < -0.39 is 0 Å². The summed E-state index contributed by atoms with van der Waals surface area (Å²) in [7, 11) is 1.75. The number of guanidine groups is 1. The molecule has 0 saturated carbocycles. The van der Waals surface area contributed by atoms with Crippen molar-refractivity contribution in [3.05, 3.63) is 35.4 Å². The molecule has 0 radical (unpaired) electrons. The third-order valence-corrected chi connectivity index (χ3v) is 3.22. The van der Waals surface area contributed by atoms with E-state index in [1.807, 2.05) is 31.2 Å². The van der Waals surface area contributed by atoms with E-state index >= 15 is 0 Å². The van der Waals surface area contributed by atoms with Gasteiger partial charge in [-0.05, 0) is 31.4 Å². The molecule has 1 aromatic rings. The number of nitrogens with one attached hydrogen (secondary N) is 3. The fraction of sp³-hybridized carbons (Fsp3) is 0.529. The normalized spacial score (nSPS) is 11.4. The Labute approximate surface area is 133 Å². The number of carbonyl (C=O) groups is 1. The quantitative estimate of drug-likeness (QED) is 0.410. The Balaban J connectivity index is 2.24. The van der Waals surface area contributed by atoms with Crippen LogP contribution in [-0.4, -0.2) is 38.5 Å². The lowest BCUT2D eigenvalue weighted by atomic mass is 10.1. The number of aliphatic imine (C=N–C) groups is 1. The lowest BCUT2D eigenvalue weighted by Crippen LogP contribution is -2.42. The predicted molar refractivity (Wildman–Crippen MR) is 92.3 cm³/mol. The van der Waals surface area contributed by atoms with Crippen LogP contribution in [0.25, 0.3) is 0 Å². The summed E-state index contributed by atoms with van der Waals surface area (Å²) in [6, 6.07) is 7.57. The van der Waals surface area contributed by atoms with Crippen LogP contribution in [0.3, 0.4) is 0 Å². The summed E-state index contributed by atoms with van der Waals surface area (Å²) in [6.07, 6.45) is 1.10. The van der Waals surface area contributed by atoms with Gasteiger partial charge in [0.15, 0.2) is 5.96 Å². The molecule has 0 aliphatic carbocycles. The van der Waals surface area contributed by atoms with Gasteiger partial charge >= 0.3 is 0 Å². The number of amides is 1. The highest BCUT2D eigenvalue weighted by molar-refractivity contribution is 5.94. The van der Waals surface area contributed by atoms with Gasteiger partial charge in [-0.2, -0.15) is 0 Å². The van der Waals surface area contributed by atoms with E-state index in [9.17, 15) is 4.79 Å². The van der Waals surface area contributed by atoms with Crippen molar-refractivity contribution in [3.8, 4) is 0 Å². The number of rotatable bonds is 7. The number of hydrogen-bond acceptors (Lipinski definition) is 2. The van der Waals surface area contributed by atoms with E-state index in [0.29, 0.717) is 24.6 Å². The summed E-state index contributed by atoms with van der Waals surface area (Å²) >= 11 is 0. The second-order valence-electron chi connectivity index (χ2n) is 5.73. The molecule has 5 nitrogen and oxygen atoms in total. The highest BCUT2D eigenvalue weighted by Gasteiger charge is 2.04. The Bertz CT molecular complexity index is 497. The molecule has 0 aliphatic heterocycles. The molecule has 1 amide bonds. The van der Waals surface area contributed by atoms with Gasteiger partial charge in [0.1, 0.15) is 0 Å². The van der Waals surface area contributed by atoms with E-state index in [-0.39, 0.29) is 5.91 Å². The summed E-state index contributed by atoms with van der Waals surface area (Å²) < 4.78 is 0. The molecule has 0 bridgehead atoms. The van der Waals surface area contributed by atoms with E-state index in [1.165, 1.54) is 0 Å². The Morgan fingerprint density at radius 3 is 2.45 bits per heavy atom. The van der Waals surface area contributed by atoms with Gasteiger partial charge in [-0.25, -0.2) is 0 Å². The van der Waals surface area contributed by atoms with Crippen molar-refractivity contribution in [2.45, 2.75) is 27.2 Å². The maximum atomic E-state index is 12.0. The van der Waals surface area contributed by atoms with E-state index in [1.54, 1.807) is 7.05 Å².